The van der Waals surface area contributed by atoms with Crippen molar-refractivity contribution in [1.82, 2.24) is 5.32 Å². The number of ether oxygens (including phenoxy) is 1. The first kappa shape index (κ1) is 15.2. The minimum Gasteiger partial charge on any atom is -0.504 e. The third-order valence-electron chi connectivity index (χ3n) is 3.55. The Morgan fingerprint density at radius 2 is 1.86 bits per heavy atom. The van der Waals surface area contributed by atoms with Gasteiger partial charge in [-0.3, -0.25) is 4.79 Å². The number of amides is 1. The molecule has 2 N–H and O–H groups in total. The molecule has 1 amide bonds. The molecule has 0 bridgehead atoms. The second-order valence-electron chi connectivity index (χ2n) is 5.74. The van der Waals surface area contributed by atoms with Crippen molar-refractivity contribution in [2.24, 2.45) is 0 Å². The number of phenolic OH excluding ortho intramolecular Hbond substituents is 1. The quantitative estimate of drug-likeness (QED) is 0.887. The summed E-state index contributed by atoms with van der Waals surface area (Å²) in [5, 5.41) is 14.7. The van der Waals surface area contributed by atoms with E-state index in [1.165, 1.54) is 0 Å². The molecular weight excluding hydrogens is 266 g/mol. The number of hydrogen-bond acceptors (Lipinski definition) is 3. The van der Waals surface area contributed by atoms with Crippen LogP contribution in [0.4, 0.5) is 0 Å². The van der Waals surface area contributed by atoms with Gasteiger partial charge in [0.15, 0.2) is 18.1 Å². The standard InChI is InChI=1S/C17H21NO3/c1-4-17(2,3)18-16(20)11-21-15-10-13-8-6-5-7-12(13)9-14(15)19/h5-10,19H,4,11H2,1-3H3,(H,18,20). The van der Waals surface area contributed by atoms with Gasteiger partial charge >= 0.3 is 0 Å². The average molecular weight is 287 g/mol. The van der Waals surface area contributed by atoms with Crippen LogP contribution in [0, 0.1) is 0 Å². The Balaban J connectivity index is 2.06. The fourth-order valence-electron chi connectivity index (χ4n) is 1.97. The summed E-state index contributed by atoms with van der Waals surface area (Å²) < 4.78 is 5.44. The van der Waals surface area contributed by atoms with Crippen LogP contribution < -0.4 is 10.1 Å². The van der Waals surface area contributed by atoms with Gasteiger partial charge in [-0.25, -0.2) is 0 Å². The monoisotopic (exact) mass is 287 g/mol. The Bertz CT molecular complexity index is 650. The number of phenols is 1. The highest BCUT2D eigenvalue weighted by molar-refractivity contribution is 5.86. The van der Waals surface area contributed by atoms with E-state index in [2.05, 4.69) is 5.32 Å². The first-order chi connectivity index (χ1) is 9.91. The van der Waals surface area contributed by atoms with Gasteiger partial charge in [-0.05, 0) is 43.2 Å². The molecule has 0 aliphatic heterocycles. The van der Waals surface area contributed by atoms with Gasteiger partial charge in [0.25, 0.3) is 5.91 Å². The van der Waals surface area contributed by atoms with Crippen LogP contribution in [0.2, 0.25) is 0 Å². The summed E-state index contributed by atoms with van der Waals surface area (Å²) in [5.41, 5.74) is -0.258. The zero-order valence-electron chi connectivity index (χ0n) is 12.6. The van der Waals surface area contributed by atoms with E-state index in [1.807, 2.05) is 45.0 Å². The van der Waals surface area contributed by atoms with Gasteiger partial charge in [0.05, 0.1) is 0 Å². The second kappa shape index (κ2) is 6.04. The fourth-order valence-corrected chi connectivity index (χ4v) is 1.97. The summed E-state index contributed by atoms with van der Waals surface area (Å²) in [7, 11) is 0. The molecule has 0 saturated carbocycles. The van der Waals surface area contributed by atoms with Gasteiger partial charge in [0.2, 0.25) is 0 Å². The Kier molecular flexibility index (Phi) is 4.36. The number of hydrogen-bond donors (Lipinski definition) is 2. The maximum absolute atomic E-state index is 11.8. The SMILES string of the molecule is CCC(C)(C)NC(=O)COc1cc2ccccc2cc1O. The van der Waals surface area contributed by atoms with Gasteiger partial charge in [0, 0.05) is 5.54 Å². The fraction of sp³-hybridized carbons (Fsp3) is 0.353. The van der Waals surface area contributed by atoms with Crippen LogP contribution in [-0.2, 0) is 4.79 Å². The van der Waals surface area contributed by atoms with Crippen molar-refractivity contribution in [2.45, 2.75) is 32.7 Å². The number of carbonyl (C=O) groups excluding carboxylic acids is 1. The number of carbonyl (C=O) groups is 1. The summed E-state index contributed by atoms with van der Waals surface area (Å²) in [6.07, 6.45) is 0.833. The highest BCUT2D eigenvalue weighted by Gasteiger charge is 2.18. The van der Waals surface area contributed by atoms with Crippen molar-refractivity contribution < 1.29 is 14.6 Å². The van der Waals surface area contributed by atoms with Crippen LogP contribution in [0.15, 0.2) is 36.4 Å². The van der Waals surface area contributed by atoms with E-state index in [0.29, 0.717) is 5.75 Å². The lowest BCUT2D eigenvalue weighted by molar-refractivity contribution is -0.124. The average Bonchev–Trinajstić information content (AvgIpc) is 2.44. The summed E-state index contributed by atoms with van der Waals surface area (Å²) in [6.45, 7) is 5.81. The lowest BCUT2D eigenvalue weighted by Crippen LogP contribution is -2.44. The second-order valence-corrected chi connectivity index (χ2v) is 5.74. The molecule has 21 heavy (non-hydrogen) atoms. The first-order valence-corrected chi connectivity index (χ1v) is 7.07. The van der Waals surface area contributed by atoms with E-state index < -0.39 is 0 Å². The Labute approximate surface area is 124 Å². The van der Waals surface area contributed by atoms with Crippen LogP contribution in [0.1, 0.15) is 27.2 Å². The molecule has 4 nitrogen and oxygen atoms in total. The molecule has 0 heterocycles. The number of rotatable bonds is 5. The summed E-state index contributed by atoms with van der Waals surface area (Å²) >= 11 is 0. The molecule has 112 valence electrons. The van der Waals surface area contributed by atoms with Crippen molar-refractivity contribution in [3.63, 3.8) is 0 Å². The Morgan fingerprint density at radius 3 is 2.48 bits per heavy atom. The highest BCUT2D eigenvalue weighted by Crippen LogP contribution is 2.31. The maximum atomic E-state index is 11.8. The van der Waals surface area contributed by atoms with E-state index >= 15 is 0 Å². The topological polar surface area (TPSA) is 58.6 Å². The van der Waals surface area contributed by atoms with E-state index in [9.17, 15) is 9.90 Å². The van der Waals surface area contributed by atoms with Gasteiger partial charge in [-0.1, -0.05) is 31.2 Å². The number of benzene rings is 2. The molecule has 0 fully saturated rings. The molecular formula is C17H21NO3. The Hall–Kier alpha value is -2.23. The van der Waals surface area contributed by atoms with Gasteiger partial charge in [-0.15, -0.1) is 0 Å². The summed E-state index contributed by atoms with van der Waals surface area (Å²) in [5.74, 6) is 0.156. The van der Waals surface area contributed by atoms with E-state index in [4.69, 9.17) is 4.74 Å². The molecule has 0 saturated heterocycles. The molecule has 2 rings (SSSR count). The van der Waals surface area contributed by atoms with Crippen LogP contribution in [-0.4, -0.2) is 23.2 Å². The van der Waals surface area contributed by atoms with Crippen molar-refractivity contribution in [1.29, 1.82) is 0 Å². The van der Waals surface area contributed by atoms with Crippen LogP contribution in [0.25, 0.3) is 10.8 Å². The predicted molar refractivity (Wildman–Crippen MR) is 83.6 cm³/mol. The molecule has 2 aromatic carbocycles. The number of nitrogens with one attached hydrogen (secondary N) is 1. The van der Waals surface area contributed by atoms with Crippen molar-refractivity contribution in [2.75, 3.05) is 6.61 Å². The molecule has 0 spiro atoms. The third kappa shape index (κ3) is 3.88. The first-order valence-electron chi connectivity index (χ1n) is 7.07. The molecule has 0 aromatic heterocycles. The lowest BCUT2D eigenvalue weighted by Gasteiger charge is -2.24. The Morgan fingerprint density at radius 1 is 1.24 bits per heavy atom. The molecule has 2 aromatic rings. The van der Waals surface area contributed by atoms with Crippen LogP contribution in [0.3, 0.4) is 0 Å². The zero-order valence-corrected chi connectivity index (χ0v) is 12.6. The molecule has 0 radical (unpaired) electrons. The minimum atomic E-state index is -0.258. The molecule has 0 atom stereocenters. The number of fused-ring (bicyclic) bond motifs is 1. The number of aromatic hydroxyl groups is 1. The summed E-state index contributed by atoms with van der Waals surface area (Å²) in [6, 6.07) is 11.0. The van der Waals surface area contributed by atoms with E-state index in [0.717, 1.165) is 17.2 Å². The highest BCUT2D eigenvalue weighted by atomic mass is 16.5. The van der Waals surface area contributed by atoms with Crippen molar-refractivity contribution in [3.05, 3.63) is 36.4 Å². The minimum absolute atomic E-state index is 0.0382. The zero-order chi connectivity index (χ0) is 15.5. The van der Waals surface area contributed by atoms with Gasteiger partial charge < -0.3 is 15.2 Å². The van der Waals surface area contributed by atoms with E-state index in [-0.39, 0.29) is 23.8 Å². The van der Waals surface area contributed by atoms with E-state index in [1.54, 1.807) is 12.1 Å². The smallest absolute Gasteiger partial charge is 0.258 e. The lowest BCUT2D eigenvalue weighted by atomic mass is 10.0. The molecule has 0 aliphatic carbocycles. The largest absolute Gasteiger partial charge is 0.504 e. The molecule has 0 aliphatic rings. The predicted octanol–water partition coefficient (Wildman–Crippen LogP) is 3.23. The maximum Gasteiger partial charge on any atom is 0.258 e. The summed E-state index contributed by atoms with van der Waals surface area (Å²) in [4.78, 5) is 11.8. The molecule has 0 unspecified atom stereocenters. The van der Waals surface area contributed by atoms with Gasteiger partial charge in [-0.2, -0.15) is 0 Å². The van der Waals surface area contributed by atoms with Crippen LogP contribution >= 0.6 is 0 Å². The molecule has 4 heteroatoms. The van der Waals surface area contributed by atoms with Crippen LogP contribution in [0.5, 0.6) is 11.5 Å². The van der Waals surface area contributed by atoms with Gasteiger partial charge in [0.1, 0.15) is 0 Å². The normalized spacial score (nSPS) is 11.4. The van der Waals surface area contributed by atoms with Crippen molar-refractivity contribution >= 4 is 16.7 Å². The van der Waals surface area contributed by atoms with Crippen molar-refractivity contribution in [3.8, 4) is 11.5 Å². The third-order valence-corrected chi connectivity index (χ3v) is 3.55.